The maximum absolute atomic E-state index is 13.6. The van der Waals surface area contributed by atoms with Crippen molar-refractivity contribution in [3.8, 4) is 0 Å². The van der Waals surface area contributed by atoms with Gasteiger partial charge in [0.2, 0.25) is 5.91 Å². The first-order chi connectivity index (χ1) is 16.1. The van der Waals surface area contributed by atoms with Crippen LogP contribution in [0, 0.1) is 5.82 Å². The van der Waals surface area contributed by atoms with E-state index in [0.29, 0.717) is 19.8 Å². The number of likely N-dealkylation sites (tertiary alicyclic amines) is 1. The molecule has 0 radical (unpaired) electrons. The number of carbonyl (C=O) groups excluding carboxylic acids is 1. The van der Waals surface area contributed by atoms with Gasteiger partial charge in [-0.2, -0.15) is 0 Å². The second-order valence-electron chi connectivity index (χ2n) is 9.37. The van der Waals surface area contributed by atoms with Crippen molar-refractivity contribution < 1.29 is 13.9 Å². The van der Waals surface area contributed by atoms with Crippen molar-refractivity contribution in [1.29, 1.82) is 0 Å². The monoisotopic (exact) mass is 471 g/mol. The van der Waals surface area contributed by atoms with Crippen LogP contribution in [0.2, 0.25) is 5.02 Å². The molecule has 3 aliphatic heterocycles. The molecular weight excluding hydrogens is 441 g/mol. The average Bonchev–Trinajstić information content (AvgIpc) is 3.37. The van der Waals surface area contributed by atoms with Crippen LogP contribution in [0.15, 0.2) is 48.5 Å². The zero-order valence-electron chi connectivity index (χ0n) is 18.8. The van der Waals surface area contributed by atoms with E-state index in [9.17, 15) is 9.18 Å². The normalized spacial score (nSPS) is 26.4. The van der Waals surface area contributed by atoms with Crippen molar-refractivity contribution >= 4 is 17.5 Å². The number of piperazine rings is 1. The summed E-state index contributed by atoms with van der Waals surface area (Å²) in [4.78, 5) is 20.6. The fourth-order valence-electron chi connectivity index (χ4n) is 5.68. The summed E-state index contributed by atoms with van der Waals surface area (Å²) in [7, 11) is 0. The smallest absolute Gasteiger partial charge is 0.227 e. The number of carbonyl (C=O) groups is 1. The van der Waals surface area contributed by atoms with Gasteiger partial charge in [-0.05, 0) is 49.2 Å². The van der Waals surface area contributed by atoms with Gasteiger partial charge in [-0.25, -0.2) is 4.39 Å². The van der Waals surface area contributed by atoms with Crippen molar-refractivity contribution in [2.45, 2.75) is 43.9 Å². The third-order valence-electron chi connectivity index (χ3n) is 7.32. The lowest BCUT2D eigenvalue weighted by atomic mass is 9.90. The summed E-state index contributed by atoms with van der Waals surface area (Å²) in [5.74, 6) is -0.376. The Morgan fingerprint density at radius 1 is 0.970 bits per heavy atom. The summed E-state index contributed by atoms with van der Waals surface area (Å²) in [6, 6.07) is 15.5. The number of ether oxygens (including phenoxy) is 1. The maximum Gasteiger partial charge on any atom is 0.227 e. The Hall–Kier alpha value is -1.99. The molecule has 33 heavy (non-hydrogen) atoms. The van der Waals surface area contributed by atoms with E-state index < -0.39 is 5.82 Å². The second-order valence-corrected chi connectivity index (χ2v) is 9.78. The number of benzene rings is 2. The molecule has 3 saturated heterocycles. The number of amides is 1. The van der Waals surface area contributed by atoms with E-state index >= 15 is 0 Å². The number of hydrogen-bond acceptors (Lipinski definition) is 4. The van der Waals surface area contributed by atoms with Gasteiger partial charge in [-0.3, -0.25) is 14.6 Å². The van der Waals surface area contributed by atoms with Crippen molar-refractivity contribution in [2.75, 3.05) is 39.4 Å². The Kier molecular flexibility index (Phi) is 6.97. The highest BCUT2D eigenvalue weighted by Gasteiger charge is 2.47. The SMILES string of the molecule is O=C(Cc1ccc(F)c(Cl)c1)N1CCN(Cc2ccccc2)[C@@H]2COC[C@H](N3CCCC3)C21. The van der Waals surface area contributed by atoms with Crippen LogP contribution < -0.4 is 0 Å². The summed E-state index contributed by atoms with van der Waals surface area (Å²) in [5, 5.41) is 0.0619. The predicted octanol–water partition coefficient (Wildman–Crippen LogP) is 3.60. The van der Waals surface area contributed by atoms with Crippen LogP contribution in [0.3, 0.4) is 0 Å². The Labute approximate surface area is 200 Å². The first kappa shape index (κ1) is 22.8. The van der Waals surface area contributed by atoms with E-state index in [1.807, 2.05) is 6.07 Å². The number of rotatable bonds is 5. The summed E-state index contributed by atoms with van der Waals surface area (Å²) in [5.41, 5.74) is 2.03. The van der Waals surface area contributed by atoms with Crippen molar-refractivity contribution in [3.05, 3.63) is 70.5 Å². The van der Waals surface area contributed by atoms with Crippen LogP contribution in [-0.2, 0) is 22.5 Å². The molecule has 7 heteroatoms. The fraction of sp³-hybridized carbons (Fsp3) is 0.500. The number of hydrogen-bond donors (Lipinski definition) is 0. The minimum Gasteiger partial charge on any atom is -0.378 e. The van der Waals surface area contributed by atoms with Crippen molar-refractivity contribution in [2.24, 2.45) is 0 Å². The van der Waals surface area contributed by atoms with Gasteiger partial charge in [0.05, 0.1) is 42.8 Å². The minimum atomic E-state index is -0.457. The van der Waals surface area contributed by atoms with Crippen molar-refractivity contribution in [3.63, 3.8) is 0 Å². The van der Waals surface area contributed by atoms with Crippen LogP contribution >= 0.6 is 11.6 Å². The molecule has 1 unspecified atom stereocenters. The van der Waals surface area contributed by atoms with Crippen LogP contribution in [-0.4, -0.2) is 78.1 Å². The number of fused-ring (bicyclic) bond motifs is 1. The summed E-state index contributed by atoms with van der Waals surface area (Å²) in [6.45, 7) is 5.76. The van der Waals surface area contributed by atoms with Crippen LogP contribution in [0.1, 0.15) is 24.0 Å². The molecule has 1 amide bonds. The lowest BCUT2D eigenvalue weighted by Gasteiger charge is -2.54. The Bertz CT molecular complexity index is 969. The molecular formula is C26H31ClFN3O2. The first-order valence-corrected chi connectivity index (χ1v) is 12.3. The third kappa shape index (κ3) is 4.94. The van der Waals surface area contributed by atoms with E-state index in [1.165, 1.54) is 24.5 Å². The van der Waals surface area contributed by atoms with Crippen LogP contribution in [0.4, 0.5) is 4.39 Å². The molecule has 3 fully saturated rings. The highest BCUT2D eigenvalue weighted by Crippen LogP contribution is 2.31. The topological polar surface area (TPSA) is 36.0 Å². The van der Waals surface area contributed by atoms with Gasteiger partial charge in [0.15, 0.2) is 0 Å². The highest BCUT2D eigenvalue weighted by molar-refractivity contribution is 6.30. The highest BCUT2D eigenvalue weighted by atomic mass is 35.5. The summed E-state index contributed by atoms with van der Waals surface area (Å²) >= 11 is 5.97. The third-order valence-corrected chi connectivity index (χ3v) is 7.61. The van der Waals surface area contributed by atoms with E-state index in [1.54, 1.807) is 12.1 Å². The Balaban J connectivity index is 1.39. The molecule has 3 aliphatic rings. The van der Waals surface area contributed by atoms with Gasteiger partial charge in [0.25, 0.3) is 0 Å². The molecule has 0 N–H and O–H groups in total. The second kappa shape index (κ2) is 10.1. The van der Waals surface area contributed by atoms with E-state index in [0.717, 1.165) is 31.7 Å². The lowest BCUT2D eigenvalue weighted by Crippen LogP contribution is -2.71. The fourth-order valence-corrected chi connectivity index (χ4v) is 5.88. The molecule has 3 heterocycles. The summed E-state index contributed by atoms with van der Waals surface area (Å²) < 4.78 is 19.7. The number of halogens is 2. The molecule has 0 aliphatic carbocycles. The molecule has 3 atom stereocenters. The van der Waals surface area contributed by atoms with Crippen LogP contribution in [0.5, 0.6) is 0 Å². The molecule has 5 rings (SSSR count). The molecule has 0 saturated carbocycles. The van der Waals surface area contributed by atoms with Crippen molar-refractivity contribution in [1.82, 2.24) is 14.7 Å². The zero-order chi connectivity index (χ0) is 22.8. The largest absolute Gasteiger partial charge is 0.378 e. The first-order valence-electron chi connectivity index (χ1n) is 11.9. The summed E-state index contributed by atoms with van der Waals surface area (Å²) in [6.07, 6.45) is 2.63. The van der Waals surface area contributed by atoms with E-state index in [-0.39, 0.29) is 35.5 Å². The van der Waals surface area contributed by atoms with Gasteiger partial charge < -0.3 is 9.64 Å². The van der Waals surface area contributed by atoms with Gasteiger partial charge in [0, 0.05) is 19.6 Å². The van der Waals surface area contributed by atoms with Crippen LogP contribution in [0.25, 0.3) is 0 Å². The molecule has 0 bridgehead atoms. The number of nitrogens with zero attached hydrogens (tertiary/aromatic N) is 3. The molecule has 5 nitrogen and oxygen atoms in total. The Morgan fingerprint density at radius 2 is 1.73 bits per heavy atom. The zero-order valence-corrected chi connectivity index (χ0v) is 19.6. The minimum absolute atomic E-state index is 0.0619. The van der Waals surface area contributed by atoms with Gasteiger partial charge in [-0.15, -0.1) is 0 Å². The predicted molar refractivity (Wildman–Crippen MR) is 127 cm³/mol. The lowest BCUT2D eigenvalue weighted by molar-refractivity contribution is -0.153. The molecule has 2 aromatic carbocycles. The quantitative estimate of drug-likeness (QED) is 0.667. The molecule has 2 aromatic rings. The van der Waals surface area contributed by atoms with Gasteiger partial charge in [-0.1, -0.05) is 48.0 Å². The maximum atomic E-state index is 13.6. The standard InChI is InChI=1S/C26H31ClFN3O2/c27-21-14-20(8-9-22(21)28)15-25(32)31-13-12-30(16-19-6-2-1-3-7-19)24-18-33-17-23(26(24)31)29-10-4-5-11-29/h1-3,6-9,14,23-24,26H,4-5,10-13,15-18H2/t23-,24+,26?/m0/s1. The molecule has 0 aromatic heterocycles. The molecule has 176 valence electrons. The van der Waals surface area contributed by atoms with E-state index in [2.05, 4.69) is 39.0 Å². The van der Waals surface area contributed by atoms with Gasteiger partial charge >= 0.3 is 0 Å². The average molecular weight is 472 g/mol. The van der Waals surface area contributed by atoms with Gasteiger partial charge in [0.1, 0.15) is 5.82 Å². The van der Waals surface area contributed by atoms with E-state index in [4.69, 9.17) is 16.3 Å². The molecule has 0 spiro atoms. The Morgan fingerprint density at radius 3 is 2.48 bits per heavy atom.